The van der Waals surface area contributed by atoms with Gasteiger partial charge in [0.25, 0.3) is 0 Å². The number of hydrogen-bond donors (Lipinski definition) is 1. The van der Waals surface area contributed by atoms with Gasteiger partial charge in [-0.05, 0) is 37.0 Å². The maximum absolute atomic E-state index is 12.5. The van der Waals surface area contributed by atoms with Crippen LogP contribution in [0.15, 0.2) is 24.3 Å². The summed E-state index contributed by atoms with van der Waals surface area (Å²) in [6.45, 7) is 1.22. The number of ether oxygens (including phenoxy) is 1. The number of piperidine rings is 1. The van der Waals surface area contributed by atoms with Gasteiger partial charge in [0.2, 0.25) is 5.91 Å². The molecule has 0 radical (unpaired) electrons. The second-order valence-electron chi connectivity index (χ2n) is 6.50. The van der Waals surface area contributed by atoms with E-state index in [0.717, 1.165) is 37.1 Å². The largest absolute Gasteiger partial charge is 0.497 e. The molecule has 2 aliphatic rings. The van der Waals surface area contributed by atoms with Crippen LogP contribution in [0.5, 0.6) is 5.75 Å². The van der Waals surface area contributed by atoms with Crippen LogP contribution < -0.4 is 4.74 Å². The SMILES string of the molecule is COc1ccc([C@@H]2CCN(C(=O)C3CCCC3)C[C@H]2O)cc1. The van der Waals surface area contributed by atoms with Crippen molar-refractivity contribution in [2.75, 3.05) is 20.2 Å². The number of likely N-dealkylation sites (tertiary alicyclic amines) is 1. The Morgan fingerprint density at radius 1 is 1.18 bits per heavy atom. The van der Waals surface area contributed by atoms with Gasteiger partial charge >= 0.3 is 0 Å². The Morgan fingerprint density at radius 2 is 1.86 bits per heavy atom. The van der Waals surface area contributed by atoms with Crippen molar-refractivity contribution in [3.05, 3.63) is 29.8 Å². The second kappa shape index (κ2) is 6.69. The highest BCUT2D eigenvalue weighted by Crippen LogP contribution is 2.32. The fraction of sp³-hybridized carbons (Fsp3) is 0.611. The van der Waals surface area contributed by atoms with E-state index in [1.165, 1.54) is 12.8 Å². The summed E-state index contributed by atoms with van der Waals surface area (Å²) in [7, 11) is 1.65. The first-order chi connectivity index (χ1) is 10.7. The van der Waals surface area contributed by atoms with E-state index in [0.29, 0.717) is 6.54 Å². The quantitative estimate of drug-likeness (QED) is 0.933. The lowest BCUT2D eigenvalue weighted by Crippen LogP contribution is -2.47. The van der Waals surface area contributed by atoms with Gasteiger partial charge < -0.3 is 14.7 Å². The van der Waals surface area contributed by atoms with Gasteiger partial charge in [0.1, 0.15) is 5.75 Å². The average Bonchev–Trinajstić information content (AvgIpc) is 3.09. The predicted molar refractivity (Wildman–Crippen MR) is 84.9 cm³/mol. The highest BCUT2D eigenvalue weighted by Gasteiger charge is 2.34. The minimum absolute atomic E-state index is 0.110. The fourth-order valence-corrected chi connectivity index (χ4v) is 3.80. The Morgan fingerprint density at radius 3 is 2.45 bits per heavy atom. The minimum atomic E-state index is -0.479. The molecule has 0 aromatic heterocycles. The van der Waals surface area contributed by atoms with E-state index in [4.69, 9.17) is 4.74 Å². The molecule has 1 aliphatic carbocycles. The summed E-state index contributed by atoms with van der Waals surface area (Å²) in [5, 5.41) is 10.5. The lowest BCUT2D eigenvalue weighted by molar-refractivity contribution is -0.138. The summed E-state index contributed by atoms with van der Waals surface area (Å²) < 4.78 is 5.17. The average molecular weight is 303 g/mol. The van der Waals surface area contributed by atoms with Crippen molar-refractivity contribution < 1.29 is 14.6 Å². The second-order valence-corrected chi connectivity index (χ2v) is 6.50. The van der Waals surface area contributed by atoms with Crippen LogP contribution in [0.3, 0.4) is 0 Å². The van der Waals surface area contributed by atoms with Gasteiger partial charge in [-0.15, -0.1) is 0 Å². The van der Waals surface area contributed by atoms with Gasteiger partial charge in [-0.3, -0.25) is 4.79 Å². The number of hydrogen-bond acceptors (Lipinski definition) is 3. The third-order valence-corrected chi connectivity index (χ3v) is 5.14. The summed E-state index contributed by atoms with van der Waals surface area (Å²) in [5.74, 6) is 1.39. The standard InChI is InChI=1S/C18H25NO3/c1-22-15-8-6-13(7-9-15)16-10-11-19(12-17(16)20)18(21)14-4-2-3-5-14/h6-9,14,16-17,20H,2-5,10-12H2,1H3/t16-,17+/m0/s1. The zero-order valence-electron chi connectivity index (χ0n) is 13.2. The van der Waals surface area contributed by atoms with Crippen LogP contribution in [-0.2, 0) is 4.79 Å². The molecule has 22 heavy (non-hydrogen) atoms. The smallest absolute Gasteiger partial charge is 0.225 e. The third-order valence-electron chi connectivity index (χ3n) is 5.14. The number of aliphatic hydroxyl groups excluding tert-OH is 1. The van der Waals surface area contributed by atoms with E-state index in [2.05, 4.69) is 0 Å². The number of methoxy groups -OCH3 is 1. The maximum atomic E-state index is 12.5. The molecule has 1 aliphatic heterocycles. The molecule has 4 nitrogen and oxygen atoms in total. The zero-order chi connectivity index (χ0) is 15.5. The summed E-state index contributed by atoms with van der Waals surface area (Å²) in [6.07, 6.45) is 4.72. The number of nitrogens with zero attached hydrogens (tertiary/aromatic N) is 1. The Labute approximate surface area is 132 Å². The molecule has 120 valence electrons. The molecule has 2 atom stereocenters. The first-order valence-electron chi connectivity index (χ1n) is 8.30. The minimum Gasteiger partial charge on any atom is -0.497 e. The van der Waals surface area contributed by atoms with Crippen LogP contribution >= 0.6 is 0 Å². The Bertz CT molecular complexity index is 508. The molecular formula is C18H25NO3. The van der Waals surface area contributed by atoms with Crippen LogP contribution in [0.25, 0.3) is 0 Å². The molecule has 1 heterocycles. The van der Waals surface area contributed by atoms with Crippen molar-refractivity contribution in [3.63, 3.8) is 0 Å². The molecule has 1 aromatic carbocycles. The van der Waals surface area contributed by atoms with Crippen molar-refractivity contribution in [2.45, 2.75) is 44.1 Å². The van der Waals surface area contributed by atoms with Gasteiger partial charge in [-0.1, -0.05) is 25.0 Å². The molecule has 1 saturated carbocycles. The molecule has 2 fully saturated rings. The van der Waals surface area contributed by atoms with Crippen LogP contribution in [0, 0.1) is 5.92 Å². The topological polar surface area (TPSA) is 49.8 Å². The number of β-amino-alcohol motifs (C(OH)–C–C–N with tert-alkyl or cyclic N) is 1. The maximum Gasteiger partial charge on any atom is 0.225 e. The summed E-state index contributed by atoms with van der Waals surface area (Å²) in [5.41, 5.74) is 1.13. The Balaban J connectivity index is 1.62. The first-order valence-corrected chi connectivity index (χ1v) is 8.30. The molecule has 1 N–H and O–H groups in total. The molecule has 0 bridgehead atoms. The van der Waals surface area contributed by atoms with Crippen LogP contribution in [-0.4, -0.2) is 42.2 Å². The van der Waals surface area contributed by atoms with Gasteiger partial charge in [-0.25, -0.2) is 0 Å². The van der Waals surface area contributed by atoms with Crippen LogP contribution in [0.4, 0.5) is 0 Å². The van der Waals surface area contributed by atoms with Crippen molar-refractivity contribution in [2.24, 2.45) is 5.92 Å². The molecule has 3 rings (SSSR count). The number of aliphatic hydroxyl groups is 1. The molecule has 0 unspecified atom stereocenters. The van der Waals surface area contributed by atoms with Crippen LogP contribution in [0.1, 0.15) is 43.6 Å². The number of carbonyl (C=O) groups excluding carboxylic acids is 1. The van der Waals surface area contributed by atoms with Gasteiger partial charge in [0.15, 0.2) is 0 Å². The van der Waals surface area contributed by atoms with E-state index in [-0.39, 0.29) is 17.7 Å². The number of carbonyl (C=O) groups is 1. The van der Waals surface area contributed by atoms with Gasteiger partial charge in [0.05, 0.1) is 13.2 Å². The highest BCUT2D eigenvalue weighted by atomic mass is 16.5. The van der Waals surface area contributed by atoms with Gasteiger partial charge in [0, 0.05) is 24.9 Å². The van der Waals surface area contributed by atoms with Gasteiger partial charge in [-0.2, -0.15) is 0 Å². The van der Waals surface area contributed by atoms with Crippen molar-refractivity contribution in [3.8, 4) is 5.75 Å². The van der Waals surface area contributed by atoms with E-state index in [1.54, 1.807) is 7.11 Å². The monoisotopic (exact) mass is 303 g/mol. The molecule has 0 spiro atoms. The number of rotatable bonds is 3. The van der Waals surface area contributed by atoms with E-state index < -0.39 is 6.10 Å². The highest BCUT2D eigenvalue weighted by molar-refractivity contribution is 5.79. The zero-order valence-corrected chi connectivity index (χ0v) is 13.2. The van der Waals surface area contributed by atoms with E-state index in [1.807, 2.05) is 29.2 Å². The van der Waals surface area contributed by atoms with Crippen molar-refractivity contribution >= 4 is 5.91 Å². The normalized spacial score (nSPS) is 26.2. The summed E-state index contributed by atoms with van der Waals surface area (Å²) in [4.78, 5) is 14.3. The molecule has 1 saturated heterocycles. The molecular weight excluding hydrogens is 278 g/mol. The fourth-order valence-electron chi connectivity index (χ4n) is 3.80. The third kappa shape index (κ3) is 3.12. The lowest BCUT2D eigenvalue weighted by Gasteiger charge is -2.37. The summed E-state index contributed by atoms with van der Waals surface area (Å²) in [6, 6.07) is 7.89. The van der Waals surface area contributed by atoms with Crippen molar-refractivity contribution in [1.29, 1.82) is 0 Å². The number of benzene rings is 1. The predicted octanol–water partition coefficient (Wildman–Crippen LogP) is 2.56. The molecule has 4 heteroatoms. The summed E-state index contributed by atoms with van der Waals surface area (Å²) >= 11 is 0. The Kier molecular flexibility index (Phi) is 4.67. The van der Waals surface area contributed by atoms with E-state index >= 15 is 0 Å². The van der Waals surface area contributed by atoms with Crippen molar-refractivity contribution in [1.82, 2.24) is 4.90 Å². The van der Waals surface area contributed by atoms with E-state index in [9.17, 15) is 9.90 Å². The van der Waals surface area contributed by atoms with Crippen LogP contribution in [0.2, 0.25) is 0 Å². The first kappa shape index (κ1) is 15.3. The molecule has 1 aromatic rings. The number of amides is 1. The molecule has 1 amide bonds. The Hall–Kier alpha value is -1.55. The lowest BCUT2D eigenvalue weighted by atomic mass is 9.86.